The normalized spacial score (nSPS) is 17.4. The average Bonchev–Trinajstić information content (AvgIpc) is 1.89. The summed E-state index contributed by atoms with van der Waals surface area (Å²) < 4.78 is 0. The van der Waals surface area contributed by atoms with E-state index in [0.717, 1.165) is 0 Å². The Morgan fingerprint density at radius 2 is 2.44 bits per heavy atom. The highest BCUT2D eigenvalue weighted by Crippen LogP contribution is 2.02. The number of carbonyl (C=O) groups excluding carboxylic acids is 1. The lowest BCUT2D eigenvalue weighted by Crippen LogP contribution is -2.16. The van der Waals surface area contributed by atoms with Crippen molar-refractivity contribution in [2.75, 3.05) is 7.05 Å². The van der Waals surface area contributed by atoms with E-state index in [0.29, 0.717) is 12.1 Å². The highest BCUT2D eigenvalue weighted by Gasteiger charge is 2.06. The Labute approximate surface area is 54.3 Å². The summed E-state index contributed by atoms with van der Waals surface area (Å²) in [4.78, 5) is 10.8. The molecule has 2 nitrogen and oxygen atoms in total. The van der Waals surface area contributed by atoms with Crippen molar-refractivity contribution in [3.8, 4) is 0 Å². The van der Waals surface area contributed by atoms with Gasteiger partial charge in [0.1, 0.15) is 0 Å². The van der Waals surface area contributed by atoms with Crippen molar-refractivity contribution in [1.82, 2.24) is 5.32 Å². The number of Topliss-reactive ketones (excluding diaryl/α,β-unsaturated/α-hetero) is 1. The summed E-state index contributed by atoms with van der Waals surface area (Å²) in [5, 5.41) is 2.81. The molecule has 0 radical (unpaired) electrons. The van der Waals surface area contributed by atoms with Crippen LogP contribution in [0.15, 0.2) is 23.9 Å². The SMILES string of the molecule is CNC1=CC=CCC1=O. The number of rotatable bonds is 1. The summed E-state index contributed by atoms with van der Waals surface area (Å²) in [6, 6.07) is 0. The van der Waals surface area contributed by atoms with Crippen molar-refractivity contribution < 1.29 is 4.79 Å². The maximum Gasteiger partial charge on any atom is 0.182 e. The predicted octanol–water partition coefficient (Wildman–Crippen LogP) is 0.619. The Kier molecular flexibility index (Phi) is 1.68. The summed E-state index contributed by atoms with van der Waals surface area (Å²) in [6.45, 7) is 0. The van der Waals surface area contributed by atoms with Crippen LogP contribution in [0.2, 0.25) is 0 Å². The number of hydrogen-bond donors (Lipinski definition) is 1. The summed E-state index contributed by atoms with van der Waals surface area (Å²) in [5.41, 5.74) is 0.706. The maximum atomic E-state index is 10.8. The van der Waals surface area contributed by atoms with Crippen LogP contribution < -0.4 is 5.32 Å². The second-order valence-corrected chi connectivity index (χ2v) is 1.89. The van der Waals surface area contributed by atoms with Gasteiger partial charge in [0.15, 0.2) is 5.78 Å². The van der Waals surface area contributed by atoms with E-state index in [1.807, 2.05) is 12.2 Å². The molecule has 48 valence electrons. The van der Waals surface area contributed by atoms with Crippen molar-refractivity contribution in [2.45, 2.75) is 6.42 Å². The van der Waals surface area contributed by atoms with Crippen LogP contribution >= 0.6 is 0 Å². The zero-order valence-corrected chi connectivity index (χ0v) is 5.35. The summed E-state index contributed by atoms with van der Waals surface area (Å²) in [6.07, 6.45) is 6.05. The molecule has 0 unspecified atom stereocenters. The van der Waals surface area contributed by atoms with Gasteiger partial charge in [-0.2, -0.15) is 0 Å². The quantitative estimate of drug-likeness (QED) is 0.553. The first-order valence-electron chi connectivity index (χ1n) is 2.92. The van der Waals surface area contributed by atoms with Crippen LogP contribution in [0.5, 0.6) is 0 Å². The van der Waals surface area contributed by atoms with Gasteiger partial charge in [0.05, 0.1) is 5.70 Å². The molecule has 0 aliphatic heterocycles. The molecule has 0 amide bonds. The van der Waals surface area contributed by atoms with Gasteiger partial charge in [-0.3, -0.25) is 4.79 Å². The first kappa shape index (κ1) is 6.08. The first-order chi connectivity index (χ1) is 4.34. The van der Waals surface area contributed by atoms with E-state index in [4.69, 9.17) is 0 Å². The smallest absolute Gasteiger partial charge is 0.182 e. The van der Waals surface area contributed by atoms with Crippen LogP contribution in [0, 0.1) is 0 Å². The molecule has 0 aromatic heterocycles. The molecular formula is C7H9NO. The molecule has 0 saturated carbocycles. The molecule has 0 spiro atoms. The Morgan fingerprint density at radius 1 is 1.67 bits per heavy atom. The van der Waals surface area contributed by atoms with E-state index < -0.39 is 0 Å². The van der Waals surface area contributed by atoms with Crippen molar-refractivity contribution in [3.63, 3.8) is 0 Å². The third kappa shape index (κ3) is 1.19. The highest BCUT2D eigenvalue weighted by molar-refractivity contribution is 5.96. The topological polar surface area (TPSA) is 29.1 Å². The molecule has 0 aromatic carbocycles. The van der Waals surface area contributed by atoms with E-state index in [9.17, 15) is 4.79 Å². The molecule has 1 rings (SSSR count). The minimum Gasteiger partial charge on any atom is -0.385 e. The van der Waals surface area contributed by atoms with Crippen LogP contribution in [0.3, 0.4) is 0 Å². The molecule has 0 fully saturated rings. The van der Waals surface area contributed by atoms with Crippen LogP contribution in [0.25, 0.3) is 0 Å². The fraction of sp³-hybridized carbons (Fsp3) is 0.286. The standard InChI is InChI=1S/C7H9NO/c1-8-6-4-2-3-5-7(6)9/h2-4,8H,5H2,1H3. The van der Waals surface area contributed by atoms with Gasteiger partial charge in [-0.1, -0.05) is 12.2 Å². The molecule has 9 heavy (non-hydrogen) atoms. The third-order valence-corrected chi connectivity index (χ3v) is 1.27. The fourth-order valence-electron chi connectivity index (χ4n) is 0.765. The van der Waals surface area contributed by atoms with Crippen molar-refractivity contribution in [1.29, 1.82) is 0 Å². The maximum absolute atomic E-state index is 10.8. The lowest BCUT2D eigenvalue weighted by molar-refractivity contribution is -0.115. The van der Waals surface area contributed by atoms with Crippen LogP contribution in [-0.4, -0.2) is 12.8 Å². The lowest BCUT2D eigenvalue weighted by atomic mass is 10.1. The highest BCUT2D eigenvalue weighted by atomic mass is 16.1. The minimum absolute atomic E-state index is 0.167. The fourth-order valence-corrected chi connectivity index (χ4v) is 0.765. The van der Waals surface area contributed by atoms with Crippen LogP contribution in [0.1, 0.15) is 6.42 Å². The monoisotopic (exact) mass is 123 g/mol. The molecule has 1 aliphatic rings. The first-order valence-corrected chi connectivity index (χ1v) is 2.92. The summed E-state index contributed by atoms with van der Waals surface area (Å²) in [5.74, 6) is 0.167. The van der Waals surface area contributed by atoms with Crippen LogP contribution in [-0.2, 0) is 4.79 Å². The molecule has 0 bridgehead atoms. The van der Waals surface area contributed by atoms with E-state index in [-0.39, 0.29) is 5.78 Å². The molecule has 0 atom stereocenters. The zero-order valence-electron chi connectivity index (χ0n) is 5.35. The minimum atomic E-state index is 0.167. The largest absolute Gasteiger partial charge is 0.385 e. The van der Waals surface area contributed by atoms with Gasteiger partial charge in [0, 0.05) is 13.5 Å². The van der Waals surface area contributed by atoms with Crippen LogP contribution in [0.4, 0.5) is 0 Å². The average molecular weight is 123 g/mol. The van der Waals surface area contributed by atoms with Gasteiger partial charge in [-0.05, 0) is 6.08 Å². The predicted molar refractivity (Wildman–Crippen MR) is 35.9 cm³/mol. The Hall–Kier alpha value is -1.05. The zero-order chi connectivity index (χ0) is 6.69. The second-order valence-electron chi connectivity index (χ2n) is 1.89. The molecule has 1 N–H and O–H groups in total. The molecule has 0 heterocycles. The molecule has 2 heteroatoms. The molecule has 0 saturated heterocycles. The van der Waals surface area contributed by atoms with Gasteiger partial charge in [-0.25, -0.2) is 0 Å². The molecule has 0 aromatic rings. The van der Waals surface area contributed by atoms with Gasteiger partial charge >= 0.3 is 0 Å². The Bertz CT molecular complexity index is 179. The third-order valence-electron chi connectivity index (χ3n) is 1.27. The number of likely N-dealkylation sites (N-methyl/N-ethyl adjacent to an activating group) is 1. The van der Waals surface area contributed by atoms with Gasteiger partial charge < -0.3 is 5.32 Å². The Balaban J connectivity index is 2.74. The van der Waals surface area contributed by atoms with Gasteiger partial charge in [0.25, 0.3) is 0 Å². The van der Waals surface area contributed by atoms with Gasteiger partial charge in [0.2, 0.25) is 0 Å². The number of ketones is 1. The lowest BCUT2D eigenvalue weighted by Gasteiger charge is -2.04. The second kappa shape index (κ2) is 2.49. The summed E-state index contributed by atoms with van der Waals surface area (Å²) in [7, 11) is 1.75. The van der Waals surface area contributed by atoms with Crippen molar-refractivity contribution in [2.24, 2.45) is 0 Å². The van der Waals surface area contributed by atoms with E-state index >= 15 is 0 Å². The molecular weight excluding hydrogens is 114 g/mol. The summed E-state index contributed by atoms with van der Waals surface area (Å²) >= 11 is 0. The van der Waals surface area contributed by atoms with E-state index in [2.05, 4.69) is 5.32 Å². The number of allylic oxidation sites excluding steroid dienone is 4. The molecule has 1 aliphatic carbocycles. The number of hydrogen-bond acceptors (Lipinski definition) is 2. The van der Waals surface area contributed by atoms with Crippen molar-refractivity contribution in [3.05, 3.63) is 23.9 Å². The van der Waals surface area contributed by atoms with Gasteiger partial charge in [-0.15, -0.1) is 0 Å². The Morgan fingerprint density at radius 3 is 2.89 bits per heavy atom. The number of carbonyl (C=O) groups is 1. The van der Waals surface area contributed by atoms with Crippen molar-refractivity contribution >= 4 is 5.78 Å². The number of nitrogens with one attached hydrogen (secondary N) is 1. The van der Waals surface area contributed by atoms with E-state index in [1.165, 1.54) is 0 Å². The van der Waals surface area contributed by atoms with E-state index in [1.54, 1.807) is 13.1 Å².